The normalized spacial score (nSPS) is 11.9. The van der Waals surface area contributed by atoms with Gasteiger partial charge < -0.3 is 0 Å². The van der Waals surface area contributed by atoms with E-state index in [0.717, 1.165) is 23.0 Å². The van der Waals surface area contributed by atoms with Crippen molar-refractivity contribution in [2.45, 2.75) is 54.9 Å². The number of nitrogens with zero attached hydrogens (tertiary/aromatic N) is 3. The van der Waals surface area contributed by atoms with Crippen LogP contribution in [0.4, 0.5) is 0 Å². The molecule has 0 aliphatic rings. The average Bonchev–Trinajstić information content (AvgIpc) is 2.28. The van der Waals surface area contributed by atoms with Crippen LogP contribution in [0.3, 0.4) is 0 Å². The minimum atomic E-state index is 0.769. The van der Waals surface area contributed by atoms with Crippen LogP contribution in [-0.2, 0) is 0 Å². The Morgan fingerprint density at radius 2 is 1.44 bits per heavy atom. The number of allylic oxidation sites excluding steroid dienone is 4. The molecular weight excluding hydrogens is 222 g/mol. The van der Waals surface area contributed by atoms with Crippen molar-refractivity contribution >= 4 is 5.57 Å². The van der Waals surface area contributed by atoms with Crippen molar-refractivity contribution in [3.05, 3.63) is 35.2 Å². The summed E-state index contributed by atoms with van der Waals surface area (Å²) in [6.07, 6.45) is 5.32. The third-order valence-corrected chi connectivity index (χ3v) is 2.20. The highest BCUT2D eigenvalue weighted by atomic mass is 15.0. The first kappa shape index (κ1) is 16.5. The predicted molar refractivity (Wildman–Crippen MR) is 78.3 cm³/mol. The zero-order valence-corrected chi connectivity index (χ0v) is 12.7. The first-order chi connectivity index (χ1) is 8.46. The molecule has 0 spiro atoms. The maximum atomic E-state index is 4.32. The van der Waals surface area contributed by atoms with Crippen LogP contribution in [-0.4, -0.2) is 15.0 Å². The summed E-state index contributed by atoms with van der Waals surface area (Å²) >= 11 is 0. The molecule has 0 aliphatic carbocycles. The number of aryl methyl sites for hydroxylation is 2. The molecule has 0 bridgehead atoms. The second kappa shape index (κ2) is 8.56. The number of rotatable bonds is 2. The Labute approximate surface area is 111 Å². The molecule has 18 heavy (non-hydrogen) atoms. The molecule has 0 radical (unpaired) electrons. The Morgan fingerprint density at radius 1 is 1.00 bits per heavy atom. The van der Waals surface area contributed by atoms with E-state index in [1.807, 2.05) is 33.8 Å². The molecule has 1 aromatic heterocycles. The minimum absolute atomic E-state index is 0.769. The lowest BCUT2D eigenvalue weighted by atomic mass is 10.1. The van der Waals surface area contributed by atoms with Gasteiger partial charge in [0.05, 0.1) is 0 Å². The fraction of sp³-hybridized carbons (Fsp3) is 0.533. The fourth-order valence-electron chi connectivity index (χ4n) is 1.33. The Balaban J connectivity index is 0.000000873. The molecule has 1 aromatic rings. The van der Waals surface area contributed by atoms with Crippen molar-refractivity contribution in [1.82, 2.24) is 15.0 Å². The van der Waals surface area contributed by atoms with Crippen molar-refractivity contribution in [2.24, 2.45) is 0 Å². The van der Waals surface area contributed by atoms with Crippen LogP contribution >= 0.6 is 0 Å². The average molecular weight is 247 g/mol. The van der Waals surface area contributed by atoms with E-state index in [2.05, 4.69) is 41.8 Å². The van der Waals surface area contributed by atoms with E-state index in [4.69, 9.17) is 0 Å². The van der Waals surface area contributed by atoms with Gasteiger partial charge in [0.15, 0.2) is 5.82 Å². The molecule has 0 saturated carbocycles. The van der Waals surface area contributed by atoms with E-state index in [9.17, 15) is 0 Å². The molecular formula is C15H25N3. The van der Waals surface area contributed by atoms with Gasteiger partial charge in [-0.05, 0) is 45.8 Å². The van der Waals surface area contributed by atoms with Gasteiger partial charge in [0, 0.05) is 0 Å². The van der Waals surface area contributed by atoms with Crippen LogP contribution in [0, 0.1) is 13.8 Å². The Hall–Kier alpha value is -1.51. The van der Waals surface area contributed by atoms with Gasteiger partial charge in [0.25, 0.3) is 0 Å². The van der Waals surface area contributed by atoms with Crippen LogP contribution in [0.2, 0.25) is 0 Å². The largest absolute Gasteiger partial charge is 0.219 e. The molecule has 0 saturated heterocycles. The molecule has 100 valence electrons. The highest BCUT2D eigenvalue weighted by Crippen LogP contribution is 2.15. The quantitative estimate of drug-likeness (QED) is 0.732. The van der Waals surface area contributed by atoms with Gasteiger partial charge in [-0.2, -0.15) is 0 Å². The number of aromatic nitrogens is 3. The first-order valence-corrected chi connectivity index (χ1v) is 6.46. The summed E-state index contributed by atoms with van der Waals surface area (Å²) in [7, 11) is 0. The summed E-state index contributed by atoms with van der Waals surface area (Å²) in [5, 5.41) is 0. The topological polar surface area (TPSA) is 38.7 Å². The standard InChI is InChI=1S/C12H17N3.C3H8/c1-6-7-8(2)9(3)12-14-10(4)13-11(5)15-12;1-3-2/h6-7H,1-5H3;3H2,1-2H3/b7-6-,9-8+;. The third-order valence-electron chi connectivity index (χ3n) is 2.20. The first-order valence-electron chi connectivity index (χ1n) is 6.46. The van der Waals surface area contributed by atoms with E-state index in [0.29, 0.717) is 0 Å². The van der Waals surface area contributed by atoms with Crippen molar-refractivity contribution in [3.8, 4) is 0 Å². The molecule has 1 heterocycles. The molecule has 0 fully saturated rings. The van der Waals surface area contributed by atoms with Crippen molar-refractivity contribution in [2.75, 3.05) is 0 Å². The number of hydrogen-bond acceptors (Lipinski definition) is 3. The summed E-state index contributed by atoms with van der Waals surface area (Å²) in [5.41, 5.74) is 2.28. The SMILES string of the molecule is C/C=C\C(C)=C(/C)c1nc(C)nc(C)n1.CCC. The Kier molecular flexibility index (Phi) is 7.84. The lowest BCUT2D eigenvalue weighted by Gasteiger charge is -2.04. The summed E-state index contributed by atoms with van der Waals surface area (Å²) in [4.78, 5) is 12.8. The molecule has 3 nitrogen and oxygen atoms in total. The number of hydrogen-bond donors (Lipinski definition) is 0. The van der Waals surface area contributed by atoms with E-state index in [1.165, 1.54) is 12.0 Å². The predicted octanol–water partition coefficient (Wildman–Crippen LogP) is 4.27. The summed E-state index contributed by atoms with van der Waals surface area (Å²) in [6, 6.07) is 0. The van der Waals surface area contributed by atoms with Gasteiger partial charge in [-0.3, -0.25) is 0 Å². The zero-order valence-electron chi connectivity index (χ0n) is 12.7. The van der Waals surface area contributed by atoms with Gasteiger partial charge in [-0.25, -0.2) is 15.0 Å². The van der Waals surface area contributed by atoms with Gasteiger partial charge in [0.1, 0.15) is 11.6 Å². The molecule has 3 heteroatoms. The highest BCUT2D eigenvalue weighted by Gasteiger charge is 2.04. The van der Waals surface area contributed by atoms with Crippen molar-refractivity contribution in [1.29, 1.82) is 0 Å². The van der Waals surface area contributed by atoms with Gasteiger partial charge in [-0.15, -0.1) is 0 Å². The van der Waals surface area contributed by atoms with Crippen molar-refractivity contribution < 1.29 is 0 Å². The van der Waals surface area contributed by atoms with Gasteiger partial charge >= 0.3 is 0 Å². The highest BCUT2D eigenvalue weighted by molar-refractivity contribution is 5.63. The fourth-order valence-corrected chi connectivity index (χ4v) is 1.33. The Morgan fingerprint density at radius 3 is 1.83 bits per heavy atom. The molecule has 0 N–H and O–H groups in total. The molecule has 0 aliphatic heterocycles. The maximum Gasteiger partial charge on any atom is 0.159 e. The van der Waals surface area contributed by atoms with Gasteiger partial charge in [-0.1, -0.05) is 32.4 Å². The summed E-state index contributed by atoms with van der Waals surface area (Å²) < 4.78 is 0. The summed E-state index contributed by atoms with van der Waals surface area (Å²) in [5.74, 6) is 2.31. The van der Waals surface area contributed by atoms with E-state index < -0.39 is 0 Å². The van der Waals surface area contributed by atoms with Crippen LogP contribution in [0.5, 0.6) is 0 Å². The zero-order chi connectivity index (χ0) is 14.1. The molecule has 0 amide bonds. The van der Waals surface area contributed by atoms with Crippen LogP contribution in [0.25, 0.3) is 5.57 Å². The molecule has 0 aromatic carbocycles. The monoisotopic (exact) mass is 247 g/mol. The maximum absolute atomic E-state index is 4.32. The van der Waals surface area contributed by atoms with Crippen LogP contribution in [0.1, 0.15) is 58.5 Å². The summed E-state index contributed by atoms with van der Waals surface area (Å²) in [6.45, 7) is 14.1. The van der Waals surface area contributed by atoms with Crippen molar-refractivity contribution in [3.63, 3.8) is 0 Å². The van der Waals surface area contributed by atoms with Crippen LogP contribution in [0.15, 0.2) is 17.7 Å². The molecule has 1 rings (SSSR count). The molecule has 0 unspecified atom stereocenters. The molecule has 0 atom stereocenters. The second-order valence-corrected chi connectivity index (χ2v) is 4.27. The third kappa shape index (κ3) is 5.71. The second-order valence-electron chi connectivity index (χ2n) is 4.27. The van der Waals surface area contributed by atoms with E-state index >= 15 is 0 Å². The van der Waals surface area contributed by atoms with Gasteiger partial charge in [0.2, 0.25) is 0 Å². The van der Waals surface area contributed by atoms with E-state index in [1.54, 1.807) is 0 Å². The van der Waals surface area contributed by atoms with E-state index in [-0.39, 0.29) is 0 Å². The smallest absolute Gasteiger partial charge is 0.159 e. The lowest BCUT2D eigenvalue weighted by molar-refractivity contribution is 0.899. The minimum Gasteiger partial charge on any atom is -0.219 e. The lowest BCUT2D eigenvalue weighted by Crippen LogP contribution is -2.01. The Bertz CT molecular complexity index is 411. The van der Waals surface area contributed by atoms with Crippen LogP contribution < -0.4 is 0 Å².